The number of carbonyl (C=O) groups excluding carboxylic acids is 5. The standard InChI is InChI=1S/C41H42N2O15/c1-16-10-19-11-26(46)41(57-5)37(52)29-22(36(51)40(41,54)30(19)34(50)27(16)38(53)42-14-18-6-8-20(55-3)9-7-18)12-21-28(33(29)49)25(45)13-24(31(21)47)43-39-23(15-44)32(48)35(56-4)17(2)58-39/h6-10,12-13,17,23,26,32,35,39,43-44,46,48-50,54H,11,14-15H2,1-5H3,(H,42,53)/t17-,23+,26+,32-,35-,39?,40-,41+/m0/s1. The molecular formula is C41H42N2O15. The number of benzene rings is 3. The molecule has 3 aromatic carbocycles. The van der Waals surface area contributed by atoms with Crippen molar-refractivity contribution < 1.29 is 73.6 Å². The van der Waals surface area contributed by atoms with Crippen LogP contribution in [-0.4, -0.2) is 124 Å². The van der Waals surface area contributed by atoms with E-state index in [9.17, 15) is 54.6 Å². The highest BCUT2D eigenvalue weighted by atomic mass is 16.6. The smallest absolute Gasteiger partial charge is 0.255 e. The number of amides is 1. The Labute approximate surface area is 330 Å². The van der Waals surface area contributed by atoms with E-state index in [1.54, 1.807) is 31.2 Å². The molecule has 1 heterocycles. The predicted molar refractivity (Wildman–Crippen MR) is 199 cm³/mol. The maximum absolute atomic E-state index is 14.9. The number of ether oxygens (including phenoxy) is 4. The van der Waals surface area contributed by atoms with E-state index < -0.39 is 135 Å². The van der Waals surface area contributed by atoms with Crippen molar-refractivity contribution >= 4 is 29.0 Å². The summed E-state index contributed by atoms with van der Waals surface area (Å²) in [6.07, 6.45) is -5.69. The van der Waals surface area contributed by atoms with Crippen molar-refractivity contribution in [2.45, 2.75) is 68.7 Å². The summed E-state index contributed by atoms with van der Waals surface area (Å²) in [5, 5.41) is 74.1. The fourth-order valence-electron chi connectivity index (χ4n) is 8.84. The maximum atomic E-state index is 14.9. The van der Waals surface area contributed by atoms with Gasteiger partial charge in [-0.15, -0.1) is 0 Å². The minimum atomic E-state index is -3.27. The highest BCUT2D eigenvalue weighted by molar-refractivity contribution is 6.31. The normalized spacial score (nSPS) is 28.8. The van der Waals surface area contributed by atoms with Gasteiger partial charge in [-0.2, -0.15) is 0 Å². The van der Waals surface area contributed by atoms with Crippen LogP contribution < -0.4 is 15.4 Å². The largest absolute Gasteiger partial charge is 0.507 e. The van der Waals surface area contributed by atoms with E-state index in [-0.39, 0.29) is 23.2 Å². The first-order chi connectivity index (χ1) is 27.5. The van der Waals surface area contributed by atoms with Gasteiger partial charge in [-0.05, 0) is 48.7 Å². The van der Waals surface area contributed by atoms with Crippen molar-refractivity contribution in [1.29, 1.82) is 0 Å². The Morgan fingerprint density at radius 3 is 2.28 bits per heavy atom. The van der Waals surface area contributed by atoms with Crippen LogP contribution in [0.25, 0.3) is 0 Å². The van der Waals surface area contributed by atoms with Crippen LogP contribution >= 0.6 is 0 Å². The zero-order valence-corrected chi connectivity index (χ0v) is 32.0. The summed E-state index contributed by atoms with van der Waals surface area (Å²) in [5.41, 5.74) is -9.52. The number of carbonyl (C=O) groups is 5. The zero-order valence-electron chi connectivity index (χ0n) is 32.0. The van der Waals surface area contributed by atoms with E-state index in [4.69, 9.17) is 18.9 Å². The molecule has 58 heavy (non-hydrogen) atoms. The van der Waals surface area contributed by atoms with Gasteiger partial charge >= 0.3 is 0 Å². The van der Waals surface area contributed by atoms with Crippen LogP contribution in [0.4, 0.5) is 0 Å². The second-order valence-corrected chi connectivity index (χ2v) is 14.8. The van der Waals surface area contributed by atoms with E-state index in [2.05, 4.69) is 10.6 Å². The number of hydrogen-bond acceptors (Lipinski definition) is 16. The highest BCUT2D eigenvalue weighted by Gasteiger charge is 2.72. The molecule has 8 atom stereocenters. The number of aliphatic hydroxyl groups is 4. The number of aliphatic hydroxyl groups excluding tert-OH is 3. The first-order valence-electron chi connectivity index (χ1n) is 18.3. The van der Waals surface area contributed by atoms with Crippen LogP contribution in [0, 0.1) is 12.8 Å². The molecule has 17 nitrogen and oxygen atoms in total. The van der Waals surface area contributed by atoms with Crippen LogP contribution in [0.1, 0.15) is 81.0 Å². The number of ketones is 4. The van der Waals surface area contributed by atoms with E-state index in [0.29, 0.717) is 11.3 Å². The fraction of sp³-hybridized carbons (Fsp3) is 0.390. The molecule has 1 fully saturated rings. The number of Topliss-reactive ketones (excluding diaryl/α,β-unsaturated/α-hetero) is 3. The Bertz CT molecular complexity index is 2300. The van der Waals surface area contributed by atoms with Gasteiger partial charge in [0.15, 0.2) is 17.0 Å². The molecule has 7 rings (SSSR count). The van der Waals surface area contributed by atoms with Crippen LogP contribution in [-0.2, 0) is 32.8 Å². The van der Waals surface area contributed by atoms with E-state index >= 15 is 0 Å². The first-order valence-corrected chi connectivity index (χ1v) is 18.3. The van der Waals surface area contributed by atoms with Crippen molar-refractivity contribution in [3.05, 3.63) is 98.2 Å². The molecule has 306 valence electrons. The van der Waals surface area contributed by atoms with Crippen LogP contribution in [0.15, 0.2) is 48.2 Å². The molecule has 1 unspecified atom stereocenters. The molecule has 8 N–H and O–H groups in total. The molecule has 0 spiro atoms. The predicted octanol–water partition coefficient (Wildman–Crippen LogP) is 0.496. The third-order valence-corrected chi connectivity index (χ3v) is 11.7. The van der Waals surface area contributed by atoms with Gasteiger partial charge in [0.25, 0.3) is 5.91 Å². The molecule has 1 amide bonds. The second kappa shape index (κ2) is 14.7. The summed E-state index contributed by atoms with van der Waals surface area (Å²) in [6.45, 7) is 2.46. The second-order valence-electron chi connectivity index (χ2n) is 14.8. The Morgan fingerprint density at radius 1 is 0.966 bits per heavy atom. The molecule has 3 aromatic rings. The SMILES string of the molecule is COc1ccc(CNC(=O)c2c(C)cc3c(c2O)[C@]2(O)C(=O)c4cc5c(c(O)c4C(=O)[C@]2(OC)[C@H](O)C3)C(=O)C=C(NC2O[C@@H](C)[C@H](OC)[C@@H](O)[C@H]2CO)C5=O)cc1. The average molecular weight is 803 g/mol. The number of methoxy groups -OCH3 is 3. The summed E-state index contributed by atoms with van der Waals surface area (Å²) in [5.74, 6) is -7.97. The lowest BCUT2D eigenvalue weighted by Crippen LogP contribution is -2.73. The molecule has 4 aliphatic rings. The lowest BCUT2D eigenvalue weighted by atomic mass is 9.56. The third kappa shape index (κ3) is 5.68. The first kappa shape index (κ1) is 40.7. The lowest BCUT2D eigenvalue weighted by molar-refractivity contribution is -0.214. The molecule has 0 bridgehead atoms. The summed E-state index contributed by atoms with van der Waals surface area (Å²) < 4.78 is 21.9. The Kier molecular flexibility index (Phi) is 10.3. The minimum absolute atomic E-state index is 0.00217. The van der Waals surface area contributed by atoms with Gasteiger partial charge in [-0.25, -0.2) is 0 Å². The van der Waals surface area contributed by atoms with Crippen molar-refractivity contribution in [1.82, 2.24) is 10.6 Å². The van der Waals surface area contributed by atoms with Crippen molar-refractivity contribution in [2.24, 2.45) is 5.92 Å². The molecular weight excluding hydrogens is 760 g/mol. The highest BCUT2D eigenvalue weighted by Crippen LogP contribution is 2.56. The van der Waals surface area contributed by atoms with Crippen molar-refractivity contribution in [2.75, 3.05) is 27.9 Å². The maximum Gasteiger partial charge on any atom is 0.255 e. The Morgan fingerprint density at radius 2 is 1.66 bits per heavy atom. The number of phenolic OH excluding ortho intramolecular Hbond substituents is 2. The number of aromatic hydroxyl groups is 2. The van der Waals surface area contributed by atoms with Crippen molar-refractivity contribution in [3.8, 4) is 17.2 Å². The number of rotatable bonds is 9. The molecule has 0 radical (unpaired) electrons. The molecule has 1 saturated heterocycles. The quantitative estimate of drug-likeness (QED) is 0.146. The molecule has 3 aliphatic carbocycles. The van der Waals surface area contributed by atoms with Crippen LogP contribution in [0.2, 0.25) is 0 Å². The van der Waals surface area contributed by atoms with E-state index in [1.807, 2.05) is 0 Å². The van der Waals surface area contributed by atoms with Gasteiger partial charge in [0.05, 0.1) is 60.3 Å². The van der Waals surface area contributed by atoms with Gasteiger partial charge in [-0.1, -0.05) is 18.2 Å². The lowest BCUT2D eigenvalue weighted by Gasteiger charge is -2.53. The number of fused-ring (bicyclic) bond motifs is 5. The van der Waals surface area contributed by atoms with Crippen molar-refractivity contribution in [3.63, 3.8) is 0 Å². The van der Waals surface area contributed by atoms with Gasteiger partial charge in [0.2, 0.25) is 17.3 Å². The zero-order chi connectivity index (χ0) is 42.2. The van der Waals surface area contributed by atoms with Crippen LogP contribution in [0.3, 0.4) is 0 Å². The van der Waals surface area contributed by atoms with Gasteiger partial charge < -0.3 is 60.2 Å². The average Bonchev–Trinajstić information content (AvgIpc) is 3.18. The minimum Gasteiger partial charge on any atom is -0.507 e. The Balaban J connectivity index is 1.31. The molecule has 17 heteroatoms. The third-order valence-electron chi connectivity index (χ3n) is 11.7. The summed E-state index contributed by atoms with van der Waals surface area (Å²) >= 11 is 0. The molecule has 1 aliphatic heterocycles. The van der Waals surface area contributed by atoms with Gasteiger partial charge in [0.1, 0.15) is 29.6 Å². The Hall–Kier alpha value is -5.53. The number of phenols is 2. The number of hydrogen-bond donors (Lipinski definition) is 8. The van der Waals surface area contributed by atoms with Crippen LogP contribution in [0.5, 0.6) is 17.2 Å². The summed E-state index contributed by atoms with van der Waals surface area (Å²) in [7, 11) is 3.78. The van der Waals surface area contributed by atoms with Gasteiger partial charge in [0, 0.05) is 50.0 Å². The number of aryl methyl sites for hydroxylation is 1. The van der Waals surface area contributed by atoms with Gasteiger partial charge in [-0.3, -0.25) is 24.0 Å². The van der Waals surface area contributed by atoms with E-state index in [1.165, 1.54) is 27.2 Å². The molecule has 0 saturated carbocycles. The topological polar surface area (TPSA) is 268 Å². The summed E-state index contributed by atoms with van der Waals surface area (Å²) in [6, 6.07) is 9.00. The molecule has 0 aromatic heterocycles. The monoisotopic (exact) mass is 802 g/mol. The fourth-order valence-corrected chi connectivity index (χ4v) is 8.84. The number of allylic oxidation sites excluding steroid dienone is 2. The summed E-state index contributed by atoms with van der Waals surface area (Å²) in [4.78, 5) is 70.9. The number of nitrogens with one attached hydrogen (secondary N) is 2. The van der Waals surface area contributed by atoms with E-state index in [0.717, 1.165) is 19.3 Å².